The number of alkyl halides is 3. The second-order valence-electron chi connectivity index (χ2n) is 6.14. The van der Waals surface area contributed by atoms with Gasteiger partial charge in [0, 0.05) is 35.9 Å². The van der Waals surface area contributed by atoms with Gasteiger partial charge < -0.3 is 15.2 Å². The summed E-state index contributed by atoms with van der Waals surface area (Å²) in [5.41, 5.74) is 2.65. The third-order valence-electron chi connectivity index (χ3n) is 4.00. The number of nitrogens with one attached hydrogen (secondary N) is 1. The van der Waals surface area contributed by atoms with Crippen LogP contribution in [0.5, 0.6) is 0 Å². The third-order valence-corrected chi connectivity index (χ3v) is 4.87. The Morgan fingerprint density at radius 1 is 1.37 bits per heavy atom. The molecule has 1 unspecified atom stereocenters. The lowest BCUT2D eigenvalue weighted by molar-refractivity contribution is -0.192. The molecule has 0 bridgehead atoms. The smallest absolute Gasteiger partial charge is 0.475 e. The molecule has 0 fully saturated rings. The molecule has 3 aromatic heterocycles. The summed E-state index contributed by atoms with van der Waals surface area (Å²) in [6.45, 7) is 2.87. The molecule has 1 aliphatic rings. The van der Waals surface area contributed by atoms with Crippen LogP contribution in [0.25, 0.3) is 11.3 Å². The molecule has 1 atom stereocenters. The van der Waals surface area contributed by atoms with Crippen molar-refractivity contribution in [2.45, 2.75) is 32.0 Å². The first-order valence-corrected chi connectivity index (χ1v) is 9.55. The molecule has 9 nitrogen and oxygen atoms in total. The van der Waals surface area contributed by atoms with Crippen LogP contribution in [0.2, 0.25) is 0 Å². The van der Waals surface area contributed by atoms with E-state index in [1.807, 2.05) is 4.68 Å². The number of fused-ring (bicyclic) bond motifs is 1. The maximum absolute atomic E-state index is 10.6. The van der Waals surface area contributed by atoms with E-state index in [9.17, 15) is 13.2 Å². The second-order valence-corrected chi connectivity index (χ2v) is 7.17. The van der Waals surface area contributed by atoms with Crippen molar-refractivity contribution in [1.29, 1.82) is 0 Å². The molecule has 0 aliphatic carbocycles. The first-order valence-electron chi connectivity index (χ1n) is 8.67. The van der Waals surface area contributed by atoms with Crippen molar-refractivity contribution >= 4 is 17.3 Å². The van der Waals surface area contributed by atoms with Crippen LogP contribution in [0.3, 0.4) is 0 Å². The van der Waals surface area contributed by atoms with Gasteiger partial charge in [-0.2, -0.15) is 13.2 Å². The summed E-state index contributed by atoms with van der Waals surface area (Å²) in [7, 11) is 0. The molecule has 0 saturated heterocycles. The molecular weight excluding hydrogens is 425 g/mol. The van der Waals surface area contributed by atoms with Gasteiger partial charge in [-0.15, -0.1) is 16.4 Å². The van der Waals surface area contributed by atoms with Crippen LogP contribution in [0.4, 0.5) is 13.2 Å². The van der Waals surface area contributed by atoms with Gasteiger partial charge in [-0.3, -0.25) is 0 Å². The van der Waals surface area contributed by atoms with E-state index in [0.29, 0.717) is 13.2 Å². The highest BCUT2D eigenvalue weighted by Crippen LogP contribution is 2.23. The number of aliphatic carboxylic acids is 1. The van der Waals surface area contributed by atoms with Crippen molar-refractivity contribution in [3.05, 3.63) is 46.8 Å². The van der Waals surface area contributed by atoms with Gasteiger partial charge in [-0.25, -0.2) is 19.4 Å². The van der Waals surface area contributed by atoms with Crippen LogP contribution in [0, 0.1) is 0 Å². The van der Waals surface area contributed by atoms with Gasteiger partial charge in [0.25, 0.3) is 0 Å². The fourth-order valence-corrected chi connectivity index (χ4v) is 3.28. The number of carboxylic acids is 1. The van der Waals surface area contributed by atoms with E-state index in [1.54, 1.807) is 23.7 Å². The maximum Gasteiger partial charge on any atom is 0.490 e. The standard InChI is InChI=1S/C15H16N6OS.C2HF3O2/c1-2-13(23-3-1)7-16-6-12-8-21-14(9-22-12)15(19-20-21)11-4-17-10-18-5-11;3-2(4,5)1(6)7/h1-5,10,12,16H,6-9H2;(H,6,7). The highest BCUT2D eigenvalue weighted by molar-refractivity contribution is 7.09. The minimum absolute atomic E-state index is 0.101. The van der Waals surface area contributed by atoms with Crippen LogP contribution >= 0.6 is 11.3 Å². The number of nitrogens with zero attached hydrogens (tertiary/aromatic N) is 5. The largest absolute Gasteiger partial charge is 0.490 e. The van der Waals surface area contributed by atoms with E-state index in [-0.39, 0.29) is 6.10 Å². The molecule has 4 heterocycles. The fourth-order valence-electron chi connectivity index (χ4n) is 2.60. The Morgan fingerprint density at radius 3 is 2.73 bits per heavy atom. The van der Waals surface area contributed by atoms with Gasteiger partial charge in [0.05, 0.1) is 24.9 Å². The maximum atomic E-state index is 10.6. The molecule has 0 spiro atoms. The van der Waals surface area contributed by atoms with Gasteiger partial charge in [0.1, 0.15) is 12.0 Å². The minimum atomic E-state index is -5.08. The SMILES string of the molecule is O=C(O)C(F)(F)F.c1csc(CNCC2Cn3nnc(-c4cncnc4)c3CO2)c1. The minimum Gasteiger partial charge on any atom is -0.475 e. The number of rotatable bonds is 5. The van der Waals surface area contributed by atoms with Crippen molar-refractivity contribution in [1.82, 2.24) is 30.3 Å². The molecule has 3 aromatic rings. The van der Waals surface area contributed by atoms with Gasteiger partial charge in [0.2, 0.25) is 0 Å². The molecule has 30 heavy (non-hydrogen) atoms. The predicted molar refractivity (Wildman–Crippen MR) is 99.3 cm³/mol. The molecule has 2 N–H and O–H groups in total. The number of aromatic nitrogens is 5. The summed E-state index contributed by atoms with van der Waals surface area (Å²) in [6, 6.07) is 4.19. The van der Waals surface area contributed by atoms with Gasteiger partial charge in [-0.05, 0) is 11.4 Å². The van der Waals surface area contributed by atoms with Crippen molar-refractivity contribution in [2.24, 2.45) is 0 Å². The Morgan fingerprint density at radius 2 is 2.10 bits per heavy atom. The van der Waals surface area contributed by atoms with E-state index in [2.05, 4.69) is 43.1 Å². The van der Waals surface area contributed by atoms with E-state index >= 15 is 0 Å². The molecule has 13 heteroatoms. The summed E-state index contributed by atoms with van der Waals surface area (Å²) in [4.78, 5) is 18.3. The first-order chi connectivity index (χ1) is 14.3. The lowest BCUT2D eigenvalue weighted by Crippen LogP contribution is -2.36. The Balaban J connectivity index is 0.000000318. The van der Waals surface area contributed by atoms with Crippen molar-refractivity contribution in [2.75, 3.05) is 6.54 Å². The van der Waals surface area contributed by atoms with Gasteiger partial charge in [-0.1, -0.05) is 11.3 Å². The fraction of sp³-hybridized carbons (Fsp3) is 0.353. The van der Waals surface area contributed by atoms with Crippen LogP contribution in [-0.4, -0.2) is 54.9 Å². The summed E-state index contributed by atoms with van der Waals surface area (Å²) in [6.07, 6.45) is 0.00800. The number of thiophene rings is 1. The highest BCUT2D eigenvalue weighted by atomic mass is 32.1. The van der Waals surface area contributed by atoms with E-state index in [1.165, 1.54) is 11.2 Å². The molecular formula is C17H17F3N6O3S. The van der Waals surface area contributed by atoms with E-state index < -0.39 is 12.1 Å². The van der Waals surface area contributed by atoms with Crippen molar-refractivity contribution < 1.29 is 27.8 Å². The zero-order valence-corrected chi connectivity index (χ0v) is 16.2. The van der Waals surface area contributed by atoms with E-state index in [4.69, 9.17) is 14.6 Å². The second kappa shape index (κ2) is 9.73. The molecule has 0 amide bonds. The first kappa shape index (κ1) is 21.8. The van der Waals surface area contributed by atoms with Crippen LogP contribution < -0.4 is 5.32 Å². The van der Waals surface area contributed by atoms with Gasteiger partial charge in [0.15, 0.2) is 0 Å². The predicted octanol–water partition coefficient (Wildman–Crippen LogP) is 2.12. The number of halogens is 3. The summed E-state index contributed by atoms with van der Waals surface area (Å²) < 4.78 is 39.6. The lowest BCUT2D eigenvalue weighted by Gasteiger charge is -2.24. The third kappa shape index (κ3) is 5.81. The lowest BCUT2D eigenvalue weighted by atomic mass is 10.2. The topological polar surface area (TPSA) is 115 Å². The van der Waals surface area contributed by atoms with Crippen LogP contribution in [0.1, 0.15) is 10.6 Å². The average Bonchev–Trinajstić information content (AvgIpc) is 3.38. The van der Waals surface area contributed by atoms with Crippen molar-refractivity contribution in [3.63, 3.8) is 0 Å². The molecule has 4 rings (SSSR count). The number of carboxylic acid groups (broad SMARTS) is 1. The zero-order valence-electron chi connectivity index (χ0n) is 15.4. The molecule has 1 aliphatic heterocycles. The Kier molecular flexibility index (Phi) is 7.07. The Bertz CT molecular complexity index is 950. The Labute approximate surface area is 172 Å². The van der Waals surface area contributed by atoms with Crippen molar-refractivity contribution in [3.8, 4) is 11.3 Å². The van der Waals surface area contributed by atoms with Crippen LogP contribution in [0.15, 0.2) is 36.2 Å². The Hall–Kier alpha value is -2.90. The van der Waals surface area contributed by atoms with Gasteiger partial charge >= 0.3 is 12.1 Å². The number of carbonyl (C=O) groups is 1. The number of hydrogen-bond donors (Lipinski definition) is 2. The van der Waals surface area contributed by atoms with Crippen LogP contribution in [-0.2, 0) is 29.2 Å². The molecule has 0 radical (unpaired) electrons. The molecule has 160 valence electrons. The highest BCUT2D eigenvalue weighted by Gasteiger charge is 2.38. The quantitative estimate of drug-likeness (QED) is 0.618. The summed E-state index contributed by atoms with van der Waals surface area (Å²) >= 11 is 1.76. The number of hydrogen-bond acceptors (Lipinski definition) is 8. The molecule has 0 aromatic carbocycles. The van der Waals surface area contributed by atoms with E-state index in [0.717, 1.165) is 30.0 Å². The monoisotopic (exact) mass is 442 g/mol. The zero-order chi connectivity index (χ0) is 21.6. The normalized spacial score (nSPS) is 15.8. The summed E-state index contributed by atoms with van der Waals surface area (Å²) in [5, 5.41) is 21.1. The summed E-state index contributed by atoms with van der Waals surface area (Å²) in [5.74, 6) is -2.76. The average molecular weight is 442 g/mol. The number of ether oxygens (including phenoxy) is 1. The molecule has 0 saturated carbocycles.